The SMILES string of the molecule is CC/C=C\C/C=C\C/C=C\CCCCCCCCCC(=O)NC(CS(=O)(=O)O)C(O)CCCCCCCCCCCCCCCC. The normalized spacial score (nSPS) is 13.7. The standard InChI is InChI=1S/C39H73NO5S/c1-3-5-7-9-11-13-15-17-19-20-21-23-25-27-29-31-33-35-39(42)40-37(36-46(43,44)45)38(41)34-32-30-28-26-24-22-18-16-14-12-10-8-6-4-2/h5,7,11,13,17,19,37-38,41H,3-4,6,8-10,12,14-16,18,20-36H2,1-2H3,(H,40,42)(H,43,44,45)/b7-5-,13-11-,19-17-. The molecule has 46 heavy (non-hydrogen) atoms. The van der Waals surface area contributed by atoms with E-state index in [1.165, 1.54) is 89.9 Å². The number of rotatable bonds is 34. The number of carbonyl (C=O) groups is 1. The summed E-state index contributed by atoms with van der Waals surface area (Å²) in [6, 6.07) is -0.975. The number of hydrogen-bond donors (Lipinski definition) is 3. The van der Waals surface area contributed by atoms with Crippen LogP contribution in [0.25, 0.3) is 0 Å². The molecule has 0 aliphatic carbocycles. The average molecular weight is 668 g/mol. The molecule has 0 aromatic rings. The first kappa shape index (κ1) is 44.6. The van der Waals surface area contributed by atoms with Crippen molar-refractivity contribution >= 4 is 16.0 Å². The van der Waals surface area contributed by atoms with E-state index in [0.717, 1.165) is 70.6 Å². The van der Waals surface area contributed by atoms with Crippen molar-refractivity contribution in [2.75, 3.05) is 5.75 Å². The summed E-state index contributed by atoms with van der Waals surface area (Å²) in [6.45, 7) is 4.40. The second kappa shape index (κ2) is 33.5. The highest BCUT2D eigenvalue weighted by molar-refractivity contribution is 7.85. The van der Waals surface area contributed by atoms with E-state index in [4.69, 9.17) is 0 Å². The van der Waals surface area contributed by atoms with E-state index in [9.17, 15) is 22.9 Å². The number of hydrogen-bond acceptors (Lipinski definition) is 4. The molecule has 0 aliphatic heterocycles. The molecule has 3 N–H and O–H groups in total. The first-order valence-electron chi connectivity index (χ1n) is 19.2. The molecule has 0 saturated carbocycles. The highest BCUT2D eigenvalue weighted by Gasteiger charge is 2.26. The molecular weight excluding hydrogens is 594 g/mol. The van der Waals surface area contributed by atoms with Crippen molar-refractivity contribution in [3.05, 3.63) is 36.5 Å². The van der Waals surface area contributed by atoms with Crippen molar-refractivity contribution in [3.8, 4) is 0 Å². The van der Waals surface area contributed by atoms with Crippen molar-refractivity contribution in [1.29, 1.82) is 0 Å². The summed E-state index contributed by atoms with van der Waals surface area (Å²) >= 11 is 0. The molecule has 0 bridgehead atoms. The van der Waals surface area contributed by atoms with Gasteiger partial charge in [-0.15, -0.1) is 0 Å². The first-order chi connectivity index (χ1) is 22.3. The summed E-state index contributed by atoms with van der Waals surface area (Å²) in [5, 5.41) is 13.3. The molecule has 7 heteroatoms. The summed E-state index contributed by atoms with van der Waals surface area (Å²) in [4.78, 5) is 12.5. The third-order valence-corrected chi connectivity index (χ3v) is 9.39. The molecular formula is C39H73NO5S. The van der Waals surface area contributed by atoms with Gasteiger partial charge in [-0.05, 0) is 44.9 Å². The number of allylic oxidation sites excluding steroid dienone is 6. The number of unbranched alkanes of at least 4 members (excludes halogenated alkanes) is 20. The lowest BCUT2D eigenvalue weighted by atomic mass is 10.0. The van der Waals surface area contributed by atoms with Gasteiger partial charge in [0.2, 0.25) is 5.91 Å². The van der Waals surface area contributed by atoms with Crippen LogP contribution in [0.15, 0.2) is 36.5 Å². The lowest BCUT2D eigenvalue weighted by Gasteiger charge is -2.23. The Bertz CT molecular complexity index is 868. The number of carbonyl (C=O) groups excluding carboxylic acids is 1. The van der Waals surface area contributed by atoms with E-state index >= 15 is 0 Å². The molecule has 0 aromatic carbocycles. The van der Waals surface area contributed by atoms with Crippen LogP contribution in [-0.2, 0) is 14.9 Å². The lowest BCUT2D eigenvalue weighted by Crippen LogP contribution is -2.47. The van der Waals surface area contributed by atoms with Crippen molar-refractivity contribution in [2.24, 2.45) is 0 Å². The maximum absolute atomic E-state index is 12.5. The first-order valence-corrected chi connectivity index (χ1v) is 20.8. The molecule has 270 valence electrons. The molecule has 0 heterocycles. The molecule has 0 aromatic heterocycles. The highest BCUT2D eigenvalue weighted by atomic mass is 32.2. The van der Waals surface area contributed by atoms with E-state index < -0.39 is 28.0 Å². The molecule has 0 radical (unpaired) electrons. The topological polar surface area (TPSA) is 104 Å². The van der Waals surface area contributed by atoms with Gasteiger partial charge in [-0.2, -0.15) is 8.42 Å². The summed E-state index contributed by atoms with van der Waals surface area (Å²) < 4.78 is 32.5. The summed E-state index contributed by atoms with van der Waals surface area (Å²) in [6.07, 6.45) is 42.3. The van der Waals surface area contributed by atoms with Crippen LogP contribution in [0, 0.1) is 0 Å². The molecule has 6 nitrogen and oxygen atoms in total. The van der Waals surface area contributed by atoms with Gasteiger partial charge in [0.1, 0.15) is 0 Å². The van der Waals surface area contributed by atoms with Crippen LogP contribution in [0.1, 0.15) is 187 Å². The van der Waals surface area contributed by atoms with E-state index in [1.54, 1.807) is 0 Å². The Hall–Kier alpha value is -1.44. The summed E-state index contributed by atoms with van der Waals surface area (Å²) in [5.41, 5.74) is 0. The Labute approximate surface area is 285 Å². The molecule has 0 aliphatic rings. The fraction of sp³-hybridized carbons (Fsp3) is 0.821. The molecule has 2 atom stereocenters. The quantitative estimate of drug-likeness (QED) is 0.0360. The Kier molecular flexibility index (Phi) is 32.4. The third kappa shape index (κ3) is 33.9. The van der Waals surface area contributed by atoms with Crippen molar-refractivity contribution in [3.63, 3.8) is 0 Å². The average Bonchev–Trinajstić information content (AvgIpc) is 3.01. The van der Waals surface area contributed by atoms with Crippen molar-refractivity contribution in [2.45, 2.75) is 199 Å². The maximum Gasteiger partial charge on any atom is 0.266 e. The summed E-state index contributed by atoms with van der Waals surface area (Å²) in [7, 11) is -4.31. The van der Waals surface area contributed by atoms with Gasteiger partial charge in [-0.25, -0.2) is 0 Å². The predicted molar refractivity (Wildman–Crippen MR) is 198 cm³/mol. The molecule has 0 fully saturated rings. The lowest BCUT2D eigenvalue weighted by molar-refractivity contribution is -0.122. The minimum Gasteiger partial charge on any atom is -0.391 e. The minimum absolute atomic E-state index is 0.257. The van der Waals surface area contributed by atoms with Gasteiger partial charge in [0, 0.05) is 6.42 Å². The maximum atomic E-state index is 12.5. The van der Waals surface area contributed by atoms with E-state index in [0.29, 0.717) is 12.8 Å². The van der Waals surface area contributed by atoms with E-state index in [2.05, 4.69) is 55.6 Å². The van der Waals surface area contributed by atoms with E-state index in [1.807, 2.05) is 0 Å². The zero-order valence-corrected chi connectivity index (χ0v) is 30.8. The summed E-state index contributed by atoms with van der Waals surface area (Å²) in [5.74, 6) is -0.908. The van der Waals surface area contributed by atoms with Crippen LogP contribution < -0.4 is 5.32 Å². The molecule has 2 unspecified atom stereocenters. The number of aliphatic hydroxyl groups is 1. The zero-order chi connectivity index (χ0) is 34.0. The Morgan fingerprint density at radius 1 is 0.609 bits per heavy atom. The van der Waals surface area contributed by atoms with Crippen LogP contribution in [0.2, 0.25) is 0 Å². The van der Waals surface area contributed by atoms with Gasteiger partial charge in [0.15, 0.2) is 0 Å². The molecule has 1 amide bonds. The van der Waals surface area contributed by atoms with Crippen molar-refractivity contribution < 1.29 is 22.9 Å². The fourth-order valence-electron chi connectivity index (χ4n) is 5.76. The van der Waals surface area contributed by atoms with E-state index in [-0.39, 0.29) is 5.91 Å². The van der Waals surface area contributed by atoms with Crippen molar-refractivity contribution in [1.82, 2.24) is 5.32 Å². The van der Waals surface area contributed by atoms with Gasteiger partial charge >= 0.3 is 0 Å². The number of nitrogens with one attached hydrogen (secondary N) is 1. The Morgan fingerprint density at radius 2 is 1.04 bits per heavy atom. The second-order valence-corrected chi connectivity index (χ2v) is 14.7. The van der Waals surface area contributed by atoms with Gasteiger partial charge in [-0.1, -0.05) is 172 Å². The van der Waals surface area contributed by atoms with Gasteiger partial charge in [-0.3, -0.25) is 9.35 Å². The second-order valence-electron chi connectivity index (χ2n) is 13.2. The van der Waals surface area contributed by atoms with Crippen LogP contribution in [0.3, 0.4) is 0 Å². The molecule has 0 rings (SSSR count). The van der Waals surface area contributed by atoms with Crippen LogP contribution in [0.5, 0.6) is 0 Å². The fourth-order valence-corrected chi connectivity index (χ4v) is 6.52. The number of aliphatic hydroxyl groups excluding tert-OH is 1. The van der Waals surface area contributed by atoms with Gasteiger partial charge < -0.3 is 10.4 Å². The van der Waals surface area contributed by atoms with Gasteiger partial charge in [0.05, 0.1) is 17.9 Å². The van der Waals surface area contributed by atoms with Crippen LogP contribution in [0.4, 0.5) is 0 Å². The minimum atomic E-state index is -4.31. The highest BCUT2D eigenvalue weighted by Crippen LogP contribution is 2.15. The third-order valence-electron chi connectivity index (χ3n) is 8.61. The van der Waals surface area contributed by atoms with Crippen LogP contribution >= 0.6 is 0 Å². The largest absolute Gasteiger partial charge is 0.391 e. The molecule has 0 saturated heterocycles. The smallest absolute Gasteiger partial charge is 0.266 e. The molecule has 0 spiro atoms. The zero-order valence-electron chi connectivity index (χ0n) is 29.9. The Morgan fingerprint density at radius 3 is 1.54 bits per heavy atom. The monoisotopic (exact) mass is 668 g/mol. The van der Waals surface area contributed by atoms with Gasteiger partial charge in [0.25, 0.3) is 10.1 Å². The predicted octanol–water partition coefficient (Wildman–Crippen LogP) is 11.0. The van der Waals surface area contributed by atoms with Crippen LogP contribution in [-0.4, -0.2) is 41.9 Å². The number of amides is 1. The Balaban J connectivity index is 3.92.